The molecule has 1 unspecified atom stereocenters. The van der Waals surface area contributed by atoms with Crippen LogP contribution in [0.15, 0.2) is 134 Å². The van der Waals surface area contributed by atoms with Crippen LogP contribution < -0.4 is 0 Å². The number of rotatable bonds is 60. The molecule has 0 rings (SSSR count). The zero-order valence-electron chi connectivity index (χ0n) is 52.8. The van der Waals surface area contributed by atoms with E-state index < -0.39 is 6.10 Å². The summed E-state index contributed by atoms with van der Waals surface area (Å²) in [4.78, 5) is 38.3. The monoisotopic (exact) mass is 1120 g/mol. The van der Waals surface area contributed by atoms with E-state index in [1.165, 1.54) is 116 Å². The summed E-state index contributed by atoms with van der Waals surface area (Å²) in [6, 6.07) is 0. The highest BCUT2D eigenvalue weighted by molar-refractivity contribution is 5.71. The van der Waals surface area contributed by atoms with Gasteiger partial charge in [-0.2, -0.15) is 0 Å². The van der Waals surface area contributed by atoms with Crippen LogP contribution in [0.1, 0.15) is 303 Å². The Hall–Kier alpha value is -4.45. The summed E-state index contributed by atoms with van der Waals surface area (Å²) in [5.41, 5.74) is 0. The van der Waals surface area contributed by atoms with Gasteiger partial charge < -0.3 is 14.2 Å². The van der Waals surface area contributed by atoms with E-state index in [-0.39, 0.29) is 31.1 Å². The molecular formula is C75H124O6. The Labute approximate surface area is 500 Å². The second-order valence-electron chi connectivity index (χ2n) is 22.0. The fraction of sp³-hybridized carbons (Fsp3) is 0.667. The predicted molar refractivity (Wildman–Crippen MR) is 353 cm³/mol. The fourth-order valence-corrected chi connectivity index (χ4v) is 9.07. The van der Waals surface area contributed by atoms with Crippen molar-refractivity contribution >= 4 is 17.9 Å². The van der Waals surface area contributed by atoms with Crippen LogP contribution in [-0.2, 0) is 28.6 Å². The first-order chi connectivity index (χ1) is 40.0. The van der Waals surface area contributed by atoms with Gasteiger partial charge in [-0.3, -0.25) is 14.4 Å². The van der Waals surface area contributed by atoms with Crippen molar-refractivity contribution in [1.29, 1.82) is 0 Å². The van der Waals surface area contributed by atoms with Gasteiger partial charge in [0.25, 0.3) is 0 Å². The minimum Gasteiger partial charge on any atom is -0.462 e. The highest BCUT2D eigenvalue weighted by Crippen LogP contribution is 2.15. The number of carbonyl (C=O) groups excluding carboxylic acids is 3. The van der Waals surface area contributed by atoms with Gasteiger partial charge in [-0.25, -0.2) is 0 Å². The third kappa shape index (κ3) is 66.2. The van der Waals surface area contributed by atoms with Gasteiger partial charge in [0.05, 0.1) is 0 Å². The maximum atomic E-state index is 12.9. The van der Waals surface area contributed by atoms with Crippen LogP contribution >= 0.6 is 0 Å². The maximum absolute atomic E-state index is 12.9. The molecular weight excluding hydrogens is 997 g/mol. The van der Waals surface area contributed by atoms with Crippen molar-refractivity contribution in [3.05, 3.63) is 134 Å². The highest BCUT2D eigenvalue weighted by Gasteiger charge is 2.19. The van der Waals surface area contributed by atoms with Crippen molar-refractivity contribution in [2.24, 2.45) is 0 Å². The average Bonchev–Trinajstić information content (AvgIpc) is 3.47. The van der Waals surface area contributed by atoms with Crippen molar-refractivity contribution in [1.82, 2.24) is 0 Å². The lowest BCUT2D eigenvalue weighted by Crippen LogP contribution is -2.30. The molecule has 0 aromatic rings. The van der Waals surface area contributed by atoms with Gasteiger partial charge in [0, 0.05) is 19.3 Å². The minimum absolute atomic E-state index is 0.0922. The SMILES string of the molecule is CC/C=C\C/C=C\C/C=C\C/C=C\C/C=C\C/C=C\C/C=C\C/C=C\CCCCCCCCCCC(=O)OCC(COC(=O)CCCCCCC/C=C\CCCCCCCC)OC(=O)CCCCCCC/C=C\C/C=C\CCCCC. The van der Waals surface area contributed by atoms with Crippen LogP contribution in [0.3, 0.4) is 0 Å². The molecule has 0 spiro atoms. The molecule has 460 valence electrons. The third-order valence-electron chi connectivity index (χ3n) is 14.1. The second-order valence-corrected chi connectivity index (χ2v) is 22.0. The van der Waals surface area contributed by atoms with Crippen molar-refractivity contribution in [2.45, 2.75) is 309 Å². The summed E-state index contributed by atoms with van der Waals surface area (Å²) in [5.74, 6) is -0.918. The standard InChI is InChI=1S/C75H124O6/c1-4-7-10-13-16-19-22-25-28-29-30-31-32-33-34-35-36-37-38-39-40-41-42-43-44-45-48-50-53-56-59-62-65-68-74(77)80-71-72(81-75(78)69-66-63-60-57-54-51-47-27-24-21-18-15-12-9-6-3)70-79-73(76)67-64-61-58-55-52-49-46-26-23-20-17-14-11-8-5-2/h7,10,16,18-19,21,25-28,30-31,33-34,36-37,39-40,42-43,46-47,72H,4-6,8-9,11-15,17,20,22-24,29,32,35,38,41,44-45,48-71H2,1-3H3/b10-7-,19-16-,21-18-,28-25-,31-30-,34-33-,37-36-,40-39-,43-42-,46-26-,47-27-. The molecule has 0 aromatic carbocycles. The van der Waals surface area contributed by atoms with Gasteiger partial charge >= 0.3 is 17.9 Å². The Kier molecular flexibility index (Phi) is 64.3. The summed E-state index contributed by atoms with van der Waals surface area (Å²) in [5, 5.41) is 0. The summed E-state index contributed by atoms with van der Waals surface area (Å²) in [6.45, 7) is 6.48. The van der Waals surface area contributed by atoms with E-state index in [1.54, 1.807) is 0 Å². The van der Waals surface area contributed by atoms with E-state index in [0.29, 0.717) is 19.3 Å². The quantitative estimate of drug-likeness (QED) is 0.0261. The van der Waals surface area contributed by atoms with Crippen LogP contribution in [0, 0.1) is 0 Å². The van der Waals surface area contributed by atoms with Gasteiger partial charge in [-0.05, 0) is 141 Å². The normalized spacial score (nSPS) is 13.0. The van der Waals surface area contributed by atoms with Crippen molar-refractivity contribution < 1.29 is 28.6 Å². The molecule has 0 saturated carbocycles. The van der Waals surface area contributed by atoms with Gasteiger partial charge in [0.2, 0.25) is 0 Å². The molecule has 0 N–H and O–H groups in total. The molecule has 1 atom stereocenters. The first-order valence-electron chi connectivity index (χ1n) is 33.7. The molecule has 0 amide bonds. The fourth-order valence-electron chi connectivity index (χ4n) is 9.07. The average molecular weight is 1120 g/mol. The molecule has 0 aliphatic heterocycles. The first kappa shape index (κ1) is 76.5. The molecule has 6 heteroatoms. The number of unbranched alkanes of at least 4 members (excludes halogenated alkanes) is 27. The van der Waals surface area contributed by atoms with Crippen molar-refractivity contribution in [3.63, 3.8) is 0 Å². The summed E-state index contributed by atoms with van der Waals surface area (Å²) >= 11 is 0. The molecule has 0 aromatic heterocycles. The van der Waals surface area contributed by atoms with E-state index in [4.69, 9.17) is 14.2 Å². The molecule has 0 fully saturated rings. The Balaban J connectivity index is 4.31. The number of allylic oxidation sites excluding steroid dienone is 22. The van der Waals surface area contributed by atoms with E-state index in [9.17, 15) is 14.4 Å². The predicted octanol–water partition coefficient (Wildman–Crippen LogP) is 23.3. The van der Waals surface area contributed by atoms with Gasteiger partial charge in [-0.1, -0.05) is 276 Å². The van der Waals surface area contributed by atoms with E-state index >= 15 is 0 Å². The van der Waals surface area contributed by atoms with Crippen LogP contribution in [0.2, 0.25) is 0 Å². The molecule has 6 nitrogen and oxygen atoms in total. The molecule has 0 saturated heterocycles. The van der Waals surface area contributed by atoms with E-state index in [0.717, 1.165) is 148 Å². The van der Waals surface area contributed by atoms with Crippen LogP contribution in [0.5, 0.6) is 0 Å². The lowest BCUT2D eigenvalue weighted by atomic mass is 10.1. The molecule has 0 heterocycles. The van der Waals surface area contributed by atoms with Crippen LogP contribution in [0.25, 0.3) is 0 Å². The number of hydrogen-bond donors (Lipinski definition) is 0. The maximum Gasteiger partial charge on any atom is 0.306 e. The Morgan fingerprint density at radius 3 is 0.790 bits per heavy atom. The zero-order chi connectivity index (χ0) is 58.5. The van der Waals surface area contributed by atoms with Gasteiger partial charge in [0.1, 0.15) is 13.2 Å². The van der Waals surface area contributed by atoms with Crippen LogP contribution in [-0.4, -0.2) is 37.2 Å². The van der Waals surface area contributed by atoms with E-state index in [1.807, 2.05) is 0 Å². The summed E-state index contributed by atoms with van der Waals surface area (Å²) in [7, 11) is 0. The largest absolute Gasteiger partial charge is 0.462 e. The molecule has 0 aliphatic carbocycles. The Morgan fingerprint density at radius 2 is 0.481 bits per heavy atom. The highest BCUT2D eigenvalue weighted by atomic mass is 16.6. The molecule has 0 aliphatic rings. The van der Waals surface area contributed by atoms with Crippen molar-refractivity contribution in [2.75, 3.05) is 13.2 Å². The number of ether oxygens (including phenoxy) is 3. The minimum atomic E-state index is -0.797. The van der Waals surface area contributed by atoms with Crippen LogP contribution in [0.4, 0.5) is 0 Å². The zero-order valence-corrected chi connectivity index (χ0v) is 52.8. The van der Waals surface area contributed by atoms with Crippen molar-refractivity contribution in [3.8, 4) is 0 Å². The Morgan fingerprint density at radius 1 is 0.259 bits per heavy atom. The summed E-state index contributed by atoms with van der Waals surface area (Å²) < 4.78 is 16.9. The number of hydrogen-bond acceptors (Lipinski definition) is 6. The summed E-state index contributed by atoms with van der Waals surface area (Å²) in [6.07, 6.45) is 96.0. The molecule has 0 radical (unpaired) electrons. The van der Waals surface area contributed by atoms with E-state index in [2.05, 4.69) is 154 Å². The first-order valence-corrected chi connectivity index (χ1v) is 33.7. The van der Waals surface area contributed by atoms with Gasteiger partial charge in [0.15, 0.2) is 6.10 Å². The smallest absolute Gasteiger partial charge is 0.306 e. The molecule has 81 heavy (non-hydrogen) atoms. The molecule has 0 bridgehead atoms. The van der Waals surface area contributed by atoms with Gasteiger partial charge in [-0.15, -0.1) is 0 Å². The Bertz CT molecular complexity index is 1720. The second kappa shape index (κ2) is 68.1. The lowest BCUT2D eigenvalue weighted by molar-refractivity contribution is -0.167. The topological polar surface area (TPSA) is 78.9 Å². The number of esters is 3. The number of carbonyl (C=O) groups is 3. The lowest BCUT2D eigenvalue weighted by Gasteiger charge is -2.18. The third-order valence-corrected chi connectivity index (χ3v) is 14.1.